The molecule has 118 valence electrons. The van der Waals surface area contributed by atoms with Crippen molar-refractivity contribution in [2.24, 2.45) is 0 Å². The van der Waals surface area contributed by atoms with Crippen LogP contribution in [0.1, 0.15) is 5.56 Å². The Balaban J connectivity index is 1.61. The maximum atomic E-state index is 4.76. The molecule has 1 aliphatic heterocycles. The molecule has 0 amide bonds. The first-order valence-corrected chi connectivity index (χ1v) is 8.20. The first-order valence-electron chi connectivity index (χ1n) is 8.20. The van der Waals surface area contributed by atoms with Crippen LogP contribution in [0, 0.1) is 6.92 Å². The predicted octanol–water partition coefficient (Wildman–Crippen LogP) is 3.29. The highest BCUT2D eigenvalue weighted by Crippen LogP contribution is 2.25. The lowest BCUT2D eigenvalue weighted by Gasteiger charge is -2.34. The van der Waals surface area contributed by atoms with Crippen LogP contribution >= 0.6 is 0 Å². The van der Waals surface area contributed by atoms with Crippen LogP contribution in [-0.2, 0) is 0 Å². The maximum absolute atomic E-state index is 4.76. The van der Waals surface area contributed by atoms with Gasteiger partial charge in [-0.05, 0) is 49.9 Å². The highest BCUT2D eigenvalue weighted by atomic mass is 15.2. The predicted molar refractivity (Wildman–Crippen MR) is 96.0 cm³/mol. The van der Waals surface area contributed by atoms with Crippen LogP contribution < -0.4 is 4.90 Å². The Morgan fingerprint density at radius 2 is 1.70 bits per heavy atom. The minimum atomic E-state index is 0.944. The number of para-hydroxylation sites is 1. The van der Waals surface area contributed by atoms with E-state index in [0.29, 0.717) is 0 Å². The molecule has 0 bridgehead atoms. The van der Waals surface area contributed by atoms with Gasteiger partial charge in [-0.3, -0.25) is 0 Å². The van der Waals surface area contributed by atoms with E-state index in [1.807, 2.05) is 0 Å². The number of benzene rings is 2. The molecule has 4 rings (SSSR count). The molecule has 2 heterocycles. The van der Waals surface area contributed by atoms with Gasteiger partial charge in [0.25, 0.3) is 0 Å². The number of aryl methyl sites for hydroxylation is 1. The third kappa shape index (κ3) is 2.70. The normalized spacial score (nSPS) is 16.2. The van der Waals surface area contributed by atoms with Gasteiger partial charge in [-0.1, -0.05) is 12.1 Å². The lowest BCUT2D eigenvalue weighted by Crippen LogP contribution is -2.44. The molecule has 0 atom stereocenters. The highest BCUT2D eigenvalue weighted by molar-refractivity contribution is 5.82. The fourth-order valence-corrected chi connectivity index (χ4v) is 3.21. The molecule has 1 saturated heterocycles. The summed E-state index contributed by atoms with van der Waals surface area (Å²) in [6.45, 7) is 6.55. The molecule has 1 N–H and O–H groups in total. The second-order valence-electron chi connectivity index (χ2n) is 6.39. The lowest BCUT2D eigenvalue weighted by atomic mass is 10.1. The van der Waals surface area contributed by atoms with Gasteiger partial charge in [0.1, 0.15) is 5.82 Å². The molecule has 0 unspecified atom stereocenters. The zero-order valence-corrected chi connectivity index (χ0v) is 13.7. The quantitative estimate of drug-likeness (QED) is 0.789. The van der Waals surface area contributed by atoms with Crippen molar-refractivity contribution >= 4 is 16.7 Å². The molecule has 4 nitrogen and oxygen atoms in total. The summed E-state index contributed by atoms with van der Waals surface area (Å²) in [5.41, 5.74) is 5.81. The van der Waals surface area contributed by atoms with Gasteiger partial charge in [-0.25, -0.2) is 4.98 Å². The summed E-state index contributed by atoms with van der Waals surface area (Å²) in [5, 5.41) is 0. The van der Waals surface area contributed by atoms with Gasteiger partial charge in [0.05, 0.1) is 11.0 Å². The van der Waals surface area contributed by atoms with E-state index in [2.05, 4.69) is 71.2 Å². The number of fused-ring (bicyclic) bond motifs is 1. The van der Waals surface area contributed by atoms with Gasteiger partial charge < -0.3 is 14.8 Å². The smallest absolute Gasteiger partial charge is 0.138 e. The Morgan fingerprint density at radius 1 is 0.957 bits per heavy atom. The summed E-state index contributed by atoms with van der Waals surface area (Å²) in [6.07, 6.45) is 0. The van der Waals surface area contributed by atoms with Crippen LogP contribution in [0.3, 0.4) is 0 Å². The van der Waals surface area contributed by atoms with Crippen molar-refractivity contribution in [1.82, 2.24) is 14.9 Å². The number of nitrogens with one attached hydrogen (secondary N) is 1. The maximum Gasteiger partial charge on any atom is 0.138 e. The molecule has 3 aromatic rings. The standard InChI is InChI=1S/C19H22N4/c1-14-4-3-5-17-18(14)21-19(20-17)15-6-8-16(9-7-15)23-12-10-22(2)11-13-23/h3-9H,10-13H2,1-2H3,(H,20,21). The number of nitrogens with zero attached hydrogens (tertiary/aromatic N) is 3. The summed E-state index contributed by atoms with van der Waals surface area (Å²) in [5.74, 6) is 0.944. The molecular weight excluding hydrogens is 284 g/mol. The minimum Gasteiger partial charge on any atom is -0.369 e. The van der Waals surface area contributed by atoms with E-state index in [1.54, 1.807) is 0 Å². The van der Waals surface area contributed by atoms with Crippen molar-refractivity contribution in [2.45, 2.75) is 6.92 Å². The molecule has 0 spiro atoms. The first kappa shape index (κ1) is 14.3. The van der Waals surface area contributed by atoms with E-state index in [4.69, 9.17) is 4.98 Å². The molecule has 1 fully saturated rings. The van der Waals surface area contributed by atoms with Gasteiger partial charge >= 0.3 is 0 Å². The van der Waals surface area contributed by atoms with E-state index >= 15 is 0 Å². The van der Waals surface area contributed by atoms with Crippen molar-refractivity contribution in [3.63, 3.8) is 0 Å². The van der Waals surface area contributed by atoms with Crippen molar-refractivity contribution in [3.8, 4) is 11.4 Å². The monoisotopic (exact) mass is 306 g/mol. The Labute approximate surface area is 136 Å². The van der Waals surface area contributed by atoms with Crippen molar-refractivity contribution < 1.29 is 0 Å². The van der Waals surface area contributed by atoms with Crippen LogP contribution in [0.5, 0.6) is 0 Å². The zero-order valence-electron chi connectivity index (χ0n) is 13.7. The van der Waals surface area contributed by atoms with Crippen LogP contribution in [0.4, 0.5) is 5.69 Å². The third-order valence-electron chi connectivity index (χ3n) is 4.72. The summed E-state index contributed by atoms with van der Waals surface area (Å²) >= 11 is 0. The topological polar surface area (TPSA) is 35.2 Å². The number of rotatable bonds is 2. The Bertz CT molecular complexity index is 811. The number of anilines is 1. The fourth-order valence-electron chi connectivity index (χ4n) is 3.21. The van der Waals surface area contributed by atoms with Gasteiger partial charge in [-0.2, -0.15) is 0 Å². The molecule has 2 aromatic carbocycles. The summed E-state index contributed by atoms with van der Waals surface area (Å²) < 4.78 is 0. The zero-order chi connectivity index (χ0) is 15.8. The van der Waals surface area contributed by atoms with Crippen LogP contribution in [-0.4, -0.2) is 48.1 Å². The Kier molecular flexibility index (Phi) is 3.54. The summed E-state index contributed by atoms with van der Waals surface area (Å²) in [6, 6.07) is 15.0. The SMILES string of the molecule is Cc1cccc2[nH]c(-c3ccc(N4CCN(C)CC4)cc3)nc12. The van der Waals surface area contributed by atoms with Crippen molar-refractivity contribution in [3.05, 3.63) is 48.0 Å². The molecule has 0 aliphatic carbocycles. The van der Waals surface area contributed by atoms with Gasteiger partial charge in [0.2, 0.25) is 0 Å². The van der Waals surface area contributed by atoms with E-state index in [9.17, 15) is 0 Å². The van der Waals surface area contributed by atoms with Crippen molar-refractivity contribution in [2.75, 3.05) is 38.1 Å². The Morgan fingerprint density at radius 3 is 2.39 bits per heavy atom. The second-order valence-corrected chi connectivity index (χ2v) is 6.39. The summed E-state index contributed by atoms with van der Waals surface area (Å²) in [4.78, 5) is 13.0. The number of hydrogen-bond donors (Lipinski definition) is 1. The van der Waals surface area contributed by atoms with Crippen LogP contribution in [0.2, 0.25) is 0 Å². The highest BCUT2D eigenvalue weighted by Gasteiger charge is 2.14. The molecular formula is C19H22N4. The molecule has 1 aromatic heterocycles. The first-order chi connectivity index (χ1) is 11.2. The molecule has 4 heteroatoms. The average molecular weight is 306 g/mol. The lowest BCUT2D eigenvalue weighted by molar-refractivity contribution is 0.313. The number of H-pyrrole nitrogens is 1. The average Bonchev–Trinajstić information content (AvgIpc) is 3.01. The molecule has 0 radical (unpaired) electrons. The van der Waals surface area contributed by atoms with E-state index in [0.717, 1.165) is 48.6 Å². The fraction of sp³-hybridized carbons (Fsp3) is 0.316. The minimum absolute atomic E-state index is 0.944. The number of aromatic nitrogens is 2. The molecule has 0 saturated carbocycles. The number of imidazole rings is 1. The Hall–Kier alpha value is -2.33. The number of aromatic amines is 1. The van der Waals surface area contributed by atoms with Gasteiger partial charge in [0.15, 0.2) is 0 Å². The van der Waals surface area contributed by atoms with Gasteiger partial charge in [0, 0.05) is 37.4 Å². The number of hydrogen-bond acceptors (Lipinski definition) is 3. The second kappa shape index (κ2) is 5.70. The number of piperazine rings is 1. The van der Waals surface area contributed by atoms with E-state index in [-0.39, 0.29) is 0 Å². The van der Waals surface area contributed by atoms with E-state index < -0.39 is 0 Å². The third-order valence-corrected chi connectivity index (χ3v) is 4.72. The summed E-state index contributed by atoms with van der Waals surface area (Å²) in [7, 11) is 2.18. The van der Waals surface area contributed by atoms with Crippen LogP contribution in [0.15, 0.2) is 42.5 Å². The molecule has 23 heavy (non-hydrogen) atoms. The van der Waals surface area contributed by atoms with Gasteiger partial charge in [-0.15, -0.1) is 0 Å². The van der Waals surface area contributed by atoms with E-state index in [1.165, 1.54) is 11.3 Å². The number of likely N-dealkylation sites (N-methyl/N-ethyl adjacent to an activating group) is 1. The molecule has 1 aliphatic rings. The van der Waals surface area contributed by atoms with Crippen LogP contribution in [0.25, 0.3) is 22.4 Å². The van der Waals surface area contributed by atoms with Crippen molar-refractivity contribution in [1.29, 1.82) is 0 Å². The largest absolute Gasteiger partial charge is 0.369 e.